The summed E-state index contributed by atoms with van der Waals surface area (Å²) in [5.41, 5.74) is 2.76. The van der Waals surface area contributed by atoms with Crippen LogP contribution in [0.3, 0.4) is 0 Å². The summed E-state index contributed by atoms with van der Waals surface area (Å²) < 4.78 is 13.1. The summed E-state index contributed by atoms with van der Waals surface area (Å²) in [6.45, 7) is 5.54. The minimum Gasteiger partial charge on any atom is -0.353 e. The molecule has 0 aliphatic carbocycles. The molecule has 0 bridgehead atoms. The fourth-order valence-electron chi connectivity index (χ4n) is 3.48. The van der Waals surface area contributed by atoms with Crippen LogP contribution < -0.4 is 10.6 Å². The Kier molecular flexibility index (Phi) is 5.19. The van der Waals surface area contributed by atoms with Gasteiger partial charge in [0.25, 0.3) is 0 Å². The highest BCUT2D eigenvalue weighted by molar-refractivity contribution is 5.84. The van der Waals surface area contributed by atoms with Crippen molar-refractivity contribution in [2.24, 2.45) is 5.41 Å². The van der Waals surface area contributed by atoms with Gasteiger partial charge in [-0.15, -0.1) is 0 Å². The molecule has 1 fully saturated rings. The molecule has 1 atom stereocenters. The fraction of sp³-hybridized carbons (Fsp3) is 0.381. The highest BCUT2D eigenvalue weighted by Gasteiger charge is 2.41. The summed E-state index contributed by atoms with van der Waals surface area (Å²) in [6, 6.07) is 14.8. The van der Waals surface area contributed by atoms with Crippen molar-refractivity contribution in [1.29, 1.82) is 0 Å². The number of benzene rings is 2. The lowest BCUT2D eigenvalue weighted by molar-refractivity contribution is -0.130. The van der Waals surface area contributed by atoms with Gasteiger partial charge in [-0.3, -0.25) is 4.79 Å². The standard InChI is InChI=1S/C21H25FN2O/c1-15(2)24-20(25)21(10-11-23-14-21)13-16-4-3-5-18(12-16)17-6-8-19(22)9-7-17/h3-9,12,15,23H,10-11,13-14H2,1-2H3,(H,24,25). The first-order chi connectivity index (χ1) is 12.0. The quantitative estimate of drug-likeness (QED) is 0.874. The van der Waals surface area contributed by atoms with E-state index in [-0.39, 0.29) is 17.8 Å². The number of carbonyl (C=O) groups excluding carboxylic acids is 1. The SMILES string of the molecule is CC(C)NC(=O)C1(Cc2cccc(-c3ccc(F)cc3)c2)CCNC1. The van der Waals surface area contributed by atoms with Gasteiger partial charge in [0.2, 0.25) is 5.91 Å². The van der Waals surface area contributed by atoms with Crippen molar-refractivity contribution in [2.75, 3.05) is 13.1 Å². The van der Waals surface area contributed by atoms with Crippen molar-refractivity contribution in [3.8, 4) is 11.1 Å². The Bertz CT molecular complexity index is 734. The monoisotopic (exact) mass is 340 g/mol. The highest BCUT2D eigenvalue weighted by atomic mass is 19.1. The molecule has 132 valence electrons. The number of amides is 1. The van der Waals surface area contributed by atoms with Crippen LogP contribution in [0.25, 0.3) is 11.1 Å². The number of carbonyl (C=O) groups is 1. The molecule has 3 nitrogen and oxygen atoms in total. The Morgan fingerprint density at radius 2 is 1.96 bits per heavy atom. The van der Waals surface area contributed by atoms with Crippen LogP contribution in [0.1, 0.15) is 25.8 Å². The number of halogens is 1. The van der Waals surface area contributed by atoms with E-state index in [9.17, 15) is 9.18 Å². The zero-order valence-electron chi connectivity index (χ0n) is 14.8. The van der Waals surface area contributed by atoms with Crippen molar-refractivity contribution < 1.29 is 9.18 Å². The first-order valence-corrected chi connectivity index (χ1v) is 8.85. The van der Waals surface area contributed by atoms with Crippen LogP contribution in [0.15, 0.2) is 48.5 Å². The molecule has 2 N–H and O–H groups in total. The molecule has 25 heavy (non-hydrogen) atoms. The molecule has 3 rings (SSSR count). The van der Waals surface area contributed by atoms with Gasteiger partial charge < -0.3 is 10.6 Å². The van der Waals surface area contributed by atoms with Crippen molar-refractivity contribution in [3.05, 3.63) is 59.9 Å². The van der Waals surface area contributed by atoms with E-state index in [1.54, 1.807) is 12.1 Å². The topological polar surface area (TPSA) is 41.1 Å². The van der Waals surface area contributed by atoms with Gasteiger partial charge in [0.15, 0.2) is 0 Å². The second-order valence-electron chi connectivity index (χ2n) is 7.22. The molecule has 1 heterocycles. The highest BCUT2D eigenvalue weighted by Crippen LogP contribution is 2.32. The Balaban J connectivity index is 1.84. The second-order valence-corrected chi connectivity index (χ2v) is 7.22. The average molecular weight is 340 g/mol. The van der Waals surface area contributed by atoms with Crippen LogP contribution in [-0.2, 0) is 11.2 Å². The van der Waals surface area contributed by atoms with E-state index in [1.807, 2.05) is 26.0 Å². The van der Waals surface area contributed by atoms with Crippen molar-refractivity contribution in [2.45, 2.75) is 32.7 Å². The van der Waals surface area contributed by atoms with E-state index in [4.69, 9.17) is 0 Å². The minimum atomic E-state index is -0.397. The lowest BCUT2D eigenvalue weighted by atomic mass is 9.79. The van der Waals surface area contributed by atoms with Crippen molar-refractivity contribution >= 4 is 5.91 Å². The van der Waals surface area contributed by atoms with E-state index in [1.165, 1.54) is 12.1 Å². The number of nitrogens with one attached hydrogen (secondary N) is 2. The molecule has 0 aromatic heterocycles. The molecule has 4 heteroatoms. The smallest absolute Gasteiger partial charge is 0.228 e. The molecule has 0 spiro atoms. The largest absolute Gasteiger partial charge is 0.353 e. The number of rotatable bonds is 5. The van der Waals surface area contributed by atoms with Crippen LogP contribution in [-0.4, -0.2) is 25.0 Å². The van der Waals surface area contributed by atoms with E-state index in [0.29, 0.717) is 13.0 Å². The summed E-state index contributed by atoms with van der Waals surface area (Å²) in [6.07, 6.45) is 1.54. The Morgan fingerprint density at radius 1 is 1.20 bits per heavy atom. The van der Waals surface area contributed by atoms with Crippen LogP contribution in [0.5, 0.6) is 0 Å². The normalized spacial score (nSPS) is 20.0. The van der Waals surface area contributed by atoms with E-state index in [2.05, 4.69) is 22.8 Å². The number of hydrogen-bond acceptors (Lipinski definition) is 2. The van der Waals surface area contributed by atoms with E-state index in [0.717, 1.165) is 29.7 Å². The zero-order valence-corrected chi connectivity index (χ0v) is 14.8. The van der Waals surface area contributed by atoms with Crippen LogP contribution in [0.4, 0.5) is 4.39 Å². The third-order valence-corrected chi connectivity index (χ3v) is 4.79. The number of hydrogen-bond donors (Lipinski definition) is 2. The summed E-state index contributed by atoms with van der Waals surface area (Å²) >= 11 is 0. The van der Waals surface area contributed by atoms with Crippen LogP contribution in [0.2, 0.25) is 0 Å². The van der Waals surface area contributed by atoms with E-state index < -0.39 is 5.41 Å². The molecule has 2 aromatic carbocycles. The third-order valence-electron chi connectivity index (χ3n) is 4.79. The van der Waals surface area contributed by atoms with Crippen molar-refractivity contribution in [1.82, 2.24) is 10.6 Å². The molecule has 1 unspecified atom stereocenters. The molecular weight excluding hydrogens is 315 g/mol. The molecule has 0 saturated carbocycles. The van der Waals surface area contributed by atoms with Gasteiger partial charge in [0.05, 0.1) is 5.41 Å². The predicted molar refractivity (Wildman–Crippen MR) is 98.7 cm³/mol. The molecule has 2 aromatic rings. The molecule has 0 radical (unpaired) electrons. The molecule has 1 saturated heterocycles. The second kappa shape index (κ2) is 7.36. The van der Waals surface area contributed by atoms with Gasteiger partial charge >= 0.3 is 0 Å². The maximum atomic E-state index is 13.1. The third kappa shape index (κ3) is 4.07. The average Bonchev–Trinajstić information content (AvgIpc) is 3.05. The van der Waals surface area contributed by atoms with Gasteiger partial charge in [0, 0.05) is 12.6 Å². The minimum absolute atomic E-state index is 0.125. The Hall–Kier alpha value is -2.20. The molecule has 1 amide bonds. The van der Waals surface area contributed by atoms with Crippen LogP contribution >= 0.6 is 0 Å². The fourth-order valence-corrected chi connectivity index (χ4v) is 3.48. The van der Waals surface area contributed by atoms with Crippen molar-refractivity contribution in [3.63, 3.8) is 0 Å². The van der Waals surface area contributed by atoms with Gasteiger partial charge in [-0.2, -0.15) is 0 Å². The summed E-state index contributed by atoms with van der Waals surface area (Å²) in [4.78, 5) is 12.8. The molecule has 1 aliphatic rings. The zero-order chi connectivity index (χ0) is 17.9. The first kappa shape index (κ1) is 17.6. The summed E-state index contributed by atoms with van der Waals surface area (Å²) in [5, 5.41) is 6.42. The summed E-state index contributed by atoms with van der Waals surface area (Å²) in [7, 11) is 0. The maximum absolute atomic E-state index is 13.1. The van der Waals surface area contributed by atoms with Gasteiger partial charge in [-0.05, 0) is 62.1 Å². The van der Waals surface area contributed by atoms with Gasteiger partial charge in [0.1, 0.15) is 5.82 Å². The van der Waals surface area contributed by atoms with Crippen LogP contribution in [0, 0.1) is 11.2 Å². The van der Waals surface area contributed by atoms with Gasteiger partial charge in [-0.1, -0.05) is 36.4 Å². The Labute approximate surface area is 148 Å². The lowest BCUT2D eigenvalue weighted by Crippen LogP contribution is -2.46. The molecule has 1 aliphatic heterocycles. The summed E-state index contributed by atoms with van der Waals surface area (Å²) in [5.74, 6) is -0.110. The van der Waals surface area contributed by atoms with E-state index >= 15 is 0 Å². The lowest BCUT2D eigenvalue weighted by Gasteiger charge is -2.28. The maximum Gasteiger partial charge on any atom is 0.228 e. The molecular formula is C21H25FN2O. The Morgan fingerprint density at radius 3 is 2.60 bits per heavy atom. The van der Waals surface area contributed by atoms with Gasteiger partial charge in [-0.25, -0.2) is 4.39 Å². The first-order valence-electron chi connectivity index (χ1n) is 8.85. The predicted octanol–water partition coefficient (Wildman–Crippen LogP) is 3.54.